The monoisotopic (exact) mass is 196 g/mol. The highest BCUT2D eigenvalue weighted by Crippen LogP contribution is 2.28. The van der Waals surface area contributed by atoms with Crippen molar-refractivity contribution < 1.29 is 9.47 Å². The molecular weight excluding hydrogens is 180 g/mol. The van der Waals surface area contributed by atoms with E-state index in [1.165, 1.54) is 0 Å². The fourth-order valence-corrected chi connectivity index (χ4v) is 1.16. The Balaban J connectivity index is 2.84. The van der Waals surface area contributed by atoms with Gasteiger partial charge in [-0.1, -0.05) is 0 Å². The molecule has 0 radical (unpaired) electrons. The highest BCUT2D eigenvalue weighted by atomic mass is 16.5. The van der Waals surface area contributed by atoms with Gasteiger partial charge in [-0.25, -0.2) is 0 Å². The number of hydrogen-bond acceptors (Lipinski definition) is 4. The van der Waals surface area contributed by atoms with Crippen molar-refractivity contribution in [2.24, 2.45) is 5.73 Å². The van der Waals surface area contributed by atoms with Crippen LogP contribution in [0.3, 0.4) is 0 Å². The molecule has 0 amide bonds. The largest absolute Gasteiger partial charge is 0.497 e. The van der Waals surface area contributed by atoms with Gasteiger partial charge in [0.05, 0.1) is 19.9 Å². The Kier molecular flexibility index (Phi) is 4.07. The number of anilines is 1. The van der Waals surface area contributed by atoms with E-state index in [2.05, 4.69) is 5.32 Å². The molecule has 4 nitrogen and oxygen atoms in total. The topological polar surface area (TPSA) is 56.5 Å². The standard InChI is InChI=1S/C10H16N2O2/c1-13-8-3-4-10(14-2)9(7-8)12-6-5-11/h3-4,7,12H,5-6,11H2,1-2H3. The second kappa shape index (κ2) is 5.34. The summed E-state index contributed by atoms with van der Waals surface area (Å²) in [4.78, 5) is 0. The molecule has 3 N–H and O–H groups in total. The van der Waals surface area contributed by atoms with Gasteiger partial charge in [-0.3, -0.25) is 0 Å². The third-order valence-electron chi connectivity index (χ3n) is 1.87. The molecule has 0 aliphatic rings. The minimum atomic E-state index is 0.584. The Hall–Kier alpha value is -1.42. The average Bonchev–Trinajstić information content (AvgIpc) is 2.25. The Morgan fingerprint density at radius 2 is 2.07 bits per heavy atom. The van der Waals surface area contributed by atoms with E-state index >= 15 is 0 Å². The fraction of sp³-hybridized carbons (Fsp3) is 0.400. The summed E-state index contributed by atoms with van der Waals surface area (Å²) in [5, 5.41) is 3.16. The lowest BCUT2D eigenvalue weighted by Gasteiger charge is -2.11. The molecule has 0 atom stereocenters. The molecule has 0 bridgehead atoms. The molecule has 0 aromatic heterocycles. The number of methoxy groups -OCH3 is 2. The molecule has 4 heteroatoms. The summed E-state index contributed by atoms with van der Waals surface area (Å²) in [5.41, 5.74) is 6.30. The van der Waals surface area contributed by atoms with Gasteiger partial charge in [-0.2, -0.15) is 0 Å². The predicted molar refractivity (Wildman–Crippen MR) is 57.1 cm³/mol. The SMILES string of the molecule is COc1ccc(OC)c(NCCN)c1. The zero-order chi connectivity index (χ0) is 10.4. The first-order chi connectivity index (χ1) is 6.81. The highest BCUT2D eigenvalue weighted by Gasteiger charge is 2.03. The quantitative estimate of drug-likeness (QED) is 0.739. The lowest BCUT2D eigenvalue weighted by molar-refractivity contribution is 0.404. The summed E-state index contributed by atoms with van der Waals surface area (Å²) < 4.78 is 10.3. The van der Waals surface area contributed by atoms with Crippen LogP contribution in [0.15, 0.2) is 18.2 Å². The first-order valence-corrected chi connectivity index (χ1v) is 4.47. The maximum absolute atomic E-state index is 5.40. The van der Waals surface area contributed by atoms with E-state index in [0.29, 0.717) is 13.1 Å². The van der Waals surface area contributed by atoms with Crippen molar-refractivity contribution >= 4 is 5.69 Å². The first-order valence-electron chi connectivity index (χ1n) is 4.47. The van der Waals surface area contributed by atoms with Crippen molar-refractivity contribution in [2.75, 3.05) is 32.6 Å². The fourth-order valence-electron chi connectivity index (χ4n) is 1.16. The molecule has 0 fully saturated rings. The van der Waals surface area contributed by atoms with Gasteiger partial charge in [0.2, 0.25) is 0 Å². The van der Waals surface area contributed by atoms with Crippen molar-refractivity contribution in [3.63, 3.8) is 0 Å². The van der Waals surface area contributed by atoms with E-state index < -0.39 is 0 Å². The van der Waals surface area contributed by atoms with Gasteiger partial charge < -0.3 is 20.5 Å². The molecule has 1 rings (SSSR count). The maximum atomic E-state index is 5.40. The zero-order valence-electron chi connectivity index (χ0n) is 8.54. The van der Waals surface area contributed by atoms with Crippen LogP contribution in [0.4, 0.5) is 5.69 Å². The smallest absolute Gasteiger partial charge is 0.142 e. The Morgan fingerprint density at radius 3 is 2.64 bits per heavy atom. The van der Waals surface area contributed by atoms with Gasteiger partial charge in [0.15, 0.2) is 0 Å². The molecule has 0 aliphatic carbocycles. The summed E-state index contributed by atoms with van der Waals surface area (Å²) in [6.07, 6.45) is 0. The Bertz CT molecular complexity index is 289. The van der Waals surface area contributed by atoms with Crippen LogP contribution in [0.1, 0.15) is 0 Å². The second-order valence-corrected chi connectivity index (χ2v) is 2.78. The van der Waals surface area contributed by atoms with Gasteiger partial charge >= 0.3 is 0 Å². The van der Waals surface area contributed by atoms with Gasteiger partial charge in [0.1, 0.15) is 11.5 Å². The summed E-state index contributed by atoms with van der Waals surface area (Å²) in [7, 11) is 3.27. The predicted octanol–water partition coefficient (Wildman–Crippen LogP) is 1.07. The van der Waals surface area contributed by atoms with Crippen LogP contribution in [0, 0.1) is 0 Å². The van der Waals surface area contributed by atoms with Crippen LogP contribution >= 0.6 is 0 Å². The van der Waals surface area contributed by atoms with E-state index in [4.69, 9.17) is 15.2 Å². The van der Waals surface area contributed by atoms with Crippen molar-refractivity contribution in [1.29, 1.82) is 0 Å². The molecule has 14 heavy (non-hydrogen) atoms. The normalized spacial score (nSPS) is 9.64. The molecule has 1 aromatic carbocycles. The number of hydrogen-bond donors (Lipinski definition) is 2. The minimum absolute atomic E-state index is 0.584. The minimum Gasteiger partial charge on any atom is -0.497 e. The van der Waals surface area contributed by atoms with Crippen LogP contribution in [-0.2, 0) is 0 Å². The van der Waals surface area contributed by atoms with E-state index in [-0.39, 0.29) is 0 Å². The van der Waals surface area contributed by atoms with E-state index in [9.17, 15) is 0 Å². The maximum Gasteiger partial charge on any atom is 0.142 e. The van der Waals surface area contributed by atoms with Crippen LogP contribution in [0.5, 0.6) is 11.5 Å². The van der Waals surface area contributed by atoms with Gasteiger partial charge in [0, 0.05) is 19.2 Å². The Morgan fingerprint density at radius 1 is 1.29 bits per heavy atom. The van der Waals surface area contributed by atoms with Crippen LogP contribution in [0.2, 0.25) is 0 Å². The van der Waals surface area contributed by atoms with E-state index in [1.807, 2.05) is 18.2 Å². The molecule has 0 heterocycles. The molecule has 0 saturated carbocycles. The van der Waals surface area contributed by atoms with Crippen molar-refractivity contribution in [2.45, 2.75) is 0 Å². The number of benzene rings is 1. The summed E-state index contributed by atoms with van der Waals surface area (Å²) in [6, 6.07) is 5.60. The molecule has 0 aliphatic heterocycles. The third kappa shape index (κ3) is 2.53. The molecular formula is C10H16N2O2. The lowest BCUT2D eigenvalue weighted by atomic mass is 10.2. The lowest BCUT2D eigenvalue weighted by Crippen LogP contribution is -2.13. The van der Waals surface area contributed by atoms with E-state index in [0.717, 1.165) is 17.2 Å². The van der Waals surface area contributed by atoms with Crippen molar-refractivity contribution in [3.8, 4) is 11.5 Å². The Labute approximate surface area is 84.0 Å². The number of nitrogens with two attached hydrogens (primary N) is 1. The van der Waals surface area contributed by atoms with Crippen molar-refractivity contribution in [1.82, 2.24) is 0 Å². The highest BCUT2D eigenvalue weighted by molar-refractivity contribution is 5.59. The van der Waals surface area contributed by atoms with Crippen LogP contribution < -0.4 is 20.5 Å². The zero-order valence-corrected chi connectivity index (χ0v) is 8.54. The number of ether oxygens (including phenoxy) is 2. The molecule has 0 saturated heterocycles. The third-order valence-corrected chi connectivity index (χ3v) is 1.87. The summed E-state index contributed by atoms with van der Waals surface area (Å²) in [5.74, 6) is 1.59. The van der Waals surface area contributed by atoms with Gasteiger partial charge in [-0.15, -0.1) is 0 Å². The van der Waals surface area contributed by atoms with Gasteiger partial charge in [0.25, 0.3) is 0 Å². The van der Waals surface area contributed by atoms with Crippen LogP contribution in [-0.4, -0.2) is 27.3 Å². The van der Waals surface area contributed by atoms with E-state index in [1.54, 1.807) is 14.2 Å². The molecule has 0 unspecified atom stereocenters. The molecule has 0 spiro atoms. The van der Waals surface area contributed by atoms with Gasteiger partial charge in [-0.05, 0) is 12.1 Å². The molecule has 1 aromatic rings. The summed E-state index contributed by atoms with van der Waals surface area (Å²) in [6.45, 7) is 1.30. The van der Waals surface area contributed by atoms with Crippen LogP contribution in [0.25, 0.3) is 0 Å². The first kappa shape index (κ1) is 10.7. The number of rotatable bonds is 5. The van der Waals surface area contributed by atoms with Crippen molar-refractivity contribution in [3.05, 3.63) is 18.2 Å². The second-order valence-electron chi connectivity index (χ2n) is 2.78. The number of nitrogens with one attached hydrogen (secondary N) is 1. The average molecular weight is 196 g/mol. The summed E-state index contributed by atoms with van der Waals surface area (Å²) >= 11 is 0. The molecule has 78 valence electrons.